The van der Waals surface area contributed by atoms with Gasteiger partial charge < -0.3 is 5.32 Å². The summed E-state index contributed by atoms with van der Waals surface area (Å²) < 4.78 is 26.8. The van der Waals surface area contributed by atoms with Gasteiger partial charge in [-0.05, 0) is 54.8 Å². The summed E-state index contributed by atoms with van der Waals surface area (Å²) >= 11 is 17.8. The van der Waals surface area contributed by atoms with Crippen molar-refractivity contribution >= 4 is 50.7 Å². The van der Waals surface area contributed by atoms with Gasteiger partial charge >= 0.3 is 0 Å². The molecule has 0 bridgehead atoms. The number of piperidine rings is 1. The number of nitrogens with one attached hydrogen (secondary N) is 1. The molecule has 1 amide bonds. The molecule has 1 N–H and O–H groups in total. The van der Waals surface area contributed by atoms with E-state index in [4.69, 9.17) is 34.8 Å². The van der Waals surface area contributed by atoms with Crippen molar-refractivity contribution in [3.8, 4) is 0 Å². The predicted molar refractivity (Wildman–Crippen MR) is 111 cm³/mol. The molecule has 1 saturated heterocycles. The van der Waals surface area contributed by atoms with Crippen molar-refractivity contribution in [3.63, 3.8) is 0 Å². The number of nitrogens with zero attached hydrogens (tertiary/aromatic N) is 1. The van der Waals surface area contributed by atoms with E-state index >= 15 is 0 Å². The van der Waals surface area contributed by atoms with Crippen LogP contribution in [0, 0.1) is 5.92 Å². The minimum Gasteiger partial charge on any atom is -0.352 e. The van der Waals surface area contributed by atoms with Gasteiger partial charge in [-0.1, -0.05) is 40.9 Å². The van der Waals surface area contributed by atoms with Crippen LogP contribution in [-0.4, -0.2) is 31.7 Å². The Morgan fingerprint density at radius 3 is 2.21 bits per heavy atom. The number of amides is 1. The number of rotatable bonds is 5. The summed E-state index contributed by atoms with van der Waals surface area (Å²) in [6, 6.07) is 11.2. The van der Waals surface area contributed by atoms with Crippen molar-refractivity contribution in [2.75, 3.05) is 13.1 Å². The van der Waals surface area contributed by atoms with Gasteiger partial charge in [0.05, 0.1) is 4.90 Å². The normalized spacial score (nSPS) is 16.1. The minimum absolute atomic E-state index is 0.102. The average Bonchev–Trinajstić information content (AvgIpc) is 2.67. The lowest BCUT2D eigenvalue weighted by atomic mass is 9.97. The third-order valence-electron chi connectivity index (χ3n) is 4.74. The summed E-state index contributed by atoms with van der Waals surface area (Å²) in [6.45, 7) is 0.896. The van der Waals surface area contributed by atoms with Crippen molar-refractivity contribution in [1.82, 2.24) is 9.62 Å². The van der Waals surface area contributed by atoms with Gasteiger partial charge in [0.2, 0.25) is 15.9 Å². The Hall–Kier alpha value is -1.31. The Kier molecular flexibility index (Phi) is 6.89. The smallest absolute Gasteiger partial charge is 0.243 e. The van der Waals surface area contributed by atoms with Crippen LogP contribution < -0.4 is 5.32 Å². The Bertz CT molecular complexity index is 957. The van der Waals surface area contributed by atoms with Gasteiger partial charge in [0.15, 0.2) is 0 Å². The molecule has 0 aromatic heterocycles. The second-order valence-electron chi connectivity index (χ2n) is 6.59. The lowest BCUT2D eigenvalue weighted by molar-refractivity contribution is -0.126. The third-order valence-corrected chi connectivity index (χ3v) is 7.50. The van der Waals surface area contributed by atoms with Crippen LogP contribution in [0.5, 0.6) is 0 Å². The number of hydrogen-bond acceptors (Lipinski definition) is 3. The van der Waals surface area contributed by atoms with Crippen LogP contribution in [0.4, 0.5) is 0 Å². The molecule has 150 valence electrons. The highest BCUT2D eigenvalue weighted by molar-refractivity contribution is 7.89. The van der Waals surface area contributed by atoms with E-state index in [1.54, 1.807) is 30.3 Å². The summed E-state index contributed by atoms with van der Waals surface area (Å²) in [6.07, 6.45) is 0.931. The first-order valence-corrected chi connectivity index (χ1v) is 11.3. The van der Waals surface area contributed by atoms with E-state index in [9.17, 15) is 13.2 Å². The monoisotopic (exact) mass is 460 g/mol. The van der Waals surface area contributed by atoms with Gasteiger partial charge in [-0.2, -0.15) is 4.31 Å². The fourth-order valence-corrected chi connectivity index (χ4v) is 5.18. The van der Waals surface area contributed by atoms with Crippen LogP contribution in [-0.2, 0) is 21.4 Å². The molecule has 1 aliphatic heterocycles. The maximum absolute atomic E-state index is 12.7. The Labute approximate surface area is 179 Å². The molecule has 1 aliphatic rings. The second kappa shape index (κ2) is 9.01. The number of sulfonamides is 1. The Balaban J connectivity index is 1.55. The molecule has 2 aromatic rings. The van der Waals surface area contributed by atoms with Gasteiger partial charge in [-0.25, -0.2) is 8.42 Å². The van der Waals surface area contributed by atoms with E-state index in [1.807, 2.05) is 0 Å². The molecular formula is C19H19Cl3N2O3S. The number of halogens is 3. The van der Waals surface area contributed by atoms with Gasteiger partial charge in [0.1, 0.15) is 0 Å². The highest BCUT2D eigenvalue weighted by Crippen LogP contribution is 2.25. The quantitative estimate of drug-likeness (QED) is 0.719. The zero-order valence-electron chi connectivity index (χ0n) is 14.9. The first kappa shape index (κ1) is 21.4. The molecule has 5 nitrogen and oxygen atoms in total. The number of hydrogen-bond donors (Lipinski definition) is 1. The maximum atomic E-state index is 12.7. The molecule has 1 fully saturated rings. The highest BCUT2D eigenvalue weighted by Gasteiger charge is 2.32. The van der Waals surface area contributed by atoms with Crippen LogP contribution in [0.2, 0.25) is 15.1 Å². The van der Waals surface area contributed by atoms with Crippen LogP contribution in [0.1, 0.15) is 18.4 Å². The molecular weight excluding hydrogens is 443 g/mol. The van der Waals surface area contributed by atoms with Crippen LogP contribution in [0.15, 0.2) is 47.4 Å². The highest BCUT2D eigenvalue weighted by atomic mass is 35.5. The van der Waals surface area contributed by atoms with Crippen molar-refractivity contribution in [2.24, 2.45) is 5.92 Å². The van der Waals surface area contributed by atoms with Crippen LogP contribution in [0.3, 0.4) is 0 Å². The lowest BCUT2D eigenvalue weighted by Gasteiger charge is -2.30. The fourth-order valence-electron chi connectivity index (χ4n) is 3.11. The number of carbonyl (C=O) groups excluding carboxylic acids is 1. The van der Waals surface area contributed by atoms with Gasteiger partial charge in [-0.15, -0.1) is 0 Å². The average molecular weight is 462 g/mol. The maximum Gasteiger partial charge on any atom is 0.243 e. The van der Waals surface area contributed by atoms with Crippen molar-refractivity contribution in [1.29, 1.82) is 0 Å². The van der Waals surface area contributed by atoms with E-state index in [2.05, 4.69) is 5.32 Å². The standard InChI is InChI=1S/C19H19Cl3N2O3S/c20-15-3-5-17(6-4-15)28(26,27)24-9-7-13(8-10-24)19(25)23-12-14-1-2-16(21)11-18(14)22/h1-6,11,13H,7-10,12H2,(H,23,25). The number of carbonyl (C=O) groups is 1. The van der Waals surface area contributed by atoms with Gasteiger partial charge in [0, 0.05) is 40.6 Å². The van der Waals surface area contributed by atoms with Crippen LogP contribution in [0.25, 0.3) is 0 Å². The summed E-state index contributed by atoms with van der Waals surface area (Å²) in [4.78, 5) is 12.7. The molecule has 0 saturated carbocycles. The summed E-state index contributed by atoms with van der Waals surface area (Å²) in [7, 11) is -3.58. The molecule has 2 aromatic carbocycles. The molecule has 1 heterocycles. The Morgan fingerprint density at radius 1 is 1.00 bits per heavy atom. The molecule has 0 radical (unpaired) electrons. The second-order valence-corrected chi connectivity index (χ2v) is 9.80. The van der Waals surface area contributed by atoms with Crippen molar-refractivity contribution < 1.29 is 13.2 Å². The molecule has 28 heavy (non-hydrogen) atoms. The number of benzene rings is 2. The van der Waals surface area contributed by atoms with E-state index in [1.165, 1.54) is 16.4 Å². The third kappa shape index (κ3) is 4.99. The van der Waals surface area contributed by atoms with Gasteiger partial charge in [0.25, 0.3) is 0 Å². The van der Waals surface area contributed by atoms with Crippen molar-refractivity contribution in [2.45, 2.75) is 24.3 Å². The molecule has 9 heteroatoms. The largest absolute Gasteiger partial charge is 0.352 e. The first-order chi connectivity index (χ1) is 13.3. The predicted octanol–water partition coefficient (Wildman–Crippen LogP) is 4.36. The molecule has 3 rings (SSSR count). The summed E-state index contributed by atoms with van der Waals surface area (Å²) in [5, 5.41) is 4.39. The molecule has 0 aliphatic carbocycles. The summed E-state index contributed by atoms with van der Waals surface area (Å²) in [5.74, 6) is -0.336. The van der Waals surface area contributed by atoms with E-state index in [0.29, 0.717) is 47.5 Å². The molecule has 0 atom stereocenters. The zero-order valence-corrected chi connectivity index (χ0v) is 18.0. The molecule has 0 unspecified atom stereocenters. The topological polar surface area (TPSA) is 66.5 Å². The van der Waals surface area contributed by atoms with Crippen LogP contribution >= 0.6 is 34.8 Å². The van der Waals surface area contributed by atoms with E-state index in [-0.39, 0.29) is 16.7 Å². The minimum atomic E-state index is -3.58. The van der Waals surface area contributed by atoms with Crippen molar-refractivity contribution in [3.05, 3.63) is 63.1 Å². The SMILES string of the molecule is O=C(NCc1ccc(Cl)cc1Cl)C1CCN(S(=O)(=O)c2ccc(Cl)cc2)CC1. The van der Waals surface area contributed by atoms with Gasteiger partial charge in [-0.3, -0.25) is 4.79 Å². The summed E-state index contributed by atoms with van der Waals surface area (Å²) in [5.41, 5.74) is 0.780. The van der Waals surface area contributed by atoms with E-state index < -0.39 is 10.0 Å². The molecule has 0 spiro atoms. The fraction of sp³-hybridized carbons (Fsp3) is 0.316. The first-order valence-electron chi connectivity index (χ1n) is 8.75. The Morgan fingerprint density at radius 2 is 1.61 bits per heavy atom. The van der Waals surface area contributed by atoms with E-state index in [0.717, 1.165) is 5.56 Å². The lowest BCUT2D eigenvalue weighted by Crippen LogP contribution is -2.42. The zero-order chi connectivity index (χ0) is 20.3.